The molecule has 2 nitrogen and oxygen atoms in total. The molecule has 2 N–H and O–H groups in total. The summed E-state index contributed by atoms with van der Waals surface area (Å²) in [4.78, 5) is 0. The van der Waals surface area contributed by atoms with Crippen LogP contribution in [0.4, 0.5) is 0 Å². The van der Waals surface area contributed by atoms with Crippen molar-refractivity contribution < 1.29 is 5.11 Å². The molecule has 0 aromatic heterocycles. The fourth-order valence-electron chi connectivity index (χ4n) is 2.65. The molecule has 2 fully saturated rings. The van der Waals surface area contributed by atoms with E-state index in [9.17, 15) is 5.11 Å². The Labute approximate surface area is 68.0 Å². The average Bonchev–Trinajstić information content (AvgIpc) is 2.37. The normalized spacial score (nSPS) is 36.3. The molecule has 0 aromatic carbocycles. The second-order valence-corrected chi connectivity index (χ2v) is 4.20. The van der Waals surface area contributed by atoms with Crippen molar-refractivity contribution >= 4 is 0 Å². The van der Waals surface area contributed by atoms with Gasteiger partial charge in [-0.25, -0.2) is 0 Å². The minimum Gasteiger partial charge on any atom is -0.392 e. The lowest BCUT2D eigenvalue weighted by molar-refractivity contribution is 0.0646. The fraction of sp³-hybridized carbons (Fsp3) is 1.00. The van der Waals surface area contributed by atoms with Gasteiger partial charge >= 0.3 is 0 Å². The van der Waals surface area contributed by atoms with Crippen molar-refractivity contribution in [2.45, 2.75) is 38.2 Å². The number of aliphatic hydroxyl groups excluding tert-OH is 1. The van der Waals surface area contributed by atoms with Crippen LogP contribution in [-0.2, 0) is 0 Å². The van der Waals surface area contributed by atoms with E-state index in [0.717, 1.165) is 19.5 Å². The Hall–Kier alpha value is -0.0800. The van der Waals surface area contributed by atoms with Gasteiger partial charge in [0.25, 0.3) is 0 Å². The van der Waals surface area contributed by atoms with Crippen LogP contribution in [-0.4, -0.2) is 24.3 Å². The molecule has 1 heterocycles. The third-order valence-electron chi connectivity index (χ3n) is 3.21. The summed E-state index contributed by atoms with van der Waals surface area (Å²) in [6.07, 6.45) is 6.36. The predicted octanol–water partition coefficient (Wildman–Crippen LogP) is 0.901. The van der Waals surface area contributed by atoms with E-state index in [2.05, 4.69) is 5.32 Å². The molecule has 2 rings (SSSR count). The summed E-state index contributed by atoms with van der Waals surface area (Å²) in [5.74, 6) is 0. The Bertz CT molecular complexity index is 140. The van der Waals surface area contributed by atoms with Crippen molar-refractivity contribution in [3.63, 3.8) is 0 Å². The lowest BCUT2D eigenvalue weighted by Crippen LogP contribution is -2.45. The predicted molar refractivity (Wildman–Crippen MR) is 44.4 cm³/mol. The molecule has 1 saturated carbocycles. The van der Waals surface area contributed by atoms with Gasteiger partial charge in [0.1, 0.15) is 0 Å². The van der Waals surface area contributed by atoms with Gasteiger partial charge in [0.15, 0.2) is 0 Å². The first-order chi connectivity index (χ1) is 5.31. The summed E-state index contributed by atoms with van der Waals surface area (Å²) in [5, 5.41) is 12.8. The molecule has 1 atom stereocenters. The molecule has 0 amide bonds. The van der Waals surface area contributed by atoms with E-state index in [1.54, 1.807) is 0 Å². The molecule has 0 radical (unpaired) electrons. The van der Waals surface area contributed by atoms with Crippen LogP contribution in [0.1, 0.15) is 32.1 Å². The number of aliphatic hydroxyl groups is 1. The maximum Gasteiger partial charge on any atom is 0.0670 e. The van der Waals surface area contributed by atoms with Gasteiger partial charge in [-0.15, -0.1) is 0 Å². The van der Waals surface area contributed by atoms with Gasteiger partial charge in [0, 0.05) is 13.1 Å². The Balaban J connectivity index is 2.00. The number of β-amino-alcohol motifs (C(OH)–C–C–N with tert-alkyl or cyclic N) is 1. The number of nitrogens with one attached hydrogen (secondary N) is 1. The summed E-state index contributed by atoms with van der Waals surface area (Å²) in [7, 11) is 0. The molecule has 1 aliphatic carbocycles. The minimum atomic E-state index is -0.0816. The first kappa shape index (κ1) is 7.56. The number of rotatable bonds is 0. The molecule has 11 heavy (non-hydrogen) atoms. The van der Waals surface area contributed by atoms with E-state index in [1.165, 1.54) is 25.7 Å². The lowest BCUT2D eigenvalue weighted by atomic mass is 9.78. The fourth-order valence-corrected chi connectivity index (χ4v) is 2.65. The Morgan fingerprint density at radius 3 is 2.64 bits per heavy atom. The van der Waals surface area contributed by atoms with Gasteiger partial charge in [0.05, 0.1) is 6.10 Å². The molecular formula is C9H17NO. The van der Waals surface area contributed by atoms with Crippen molar-refractivity contribution in [1.82, 2.24) is 5.32 Å². The lowest BCUT2D eigenvalue weighted by Gasteiger charge is -2.36. The van der Waals surface area contributed by atoms with E-state index in [-0.39, 0.29) is 6.10 Å². The highest BCUT2D eigenvalue weighted by Crippen LogP contribution is 2.42. The first-order valence-electron chi connectivity index (χ1n) is 4.70. The van der Waals surface area contributed by atoms with Crippen LogP contribution in [0.3, 0.4) is 0 Å². The average molecular weight is 155 g/mol. The molecule has 2 heteroatoms. The second kappa shape index (κ2) is 2.76. The van der Waals surface area contributed by atoms with Crippen LogP contribution in [0.2, 0.25) is 0 Å². The molecule has 0 bridgehead atoms. The van der Waals surface area contributed by atoms with Crippen molar-refractivity contribution in [2.24, 2.45) is 5.41 Å². The van der Waals surface area contributed by atoms with Gasteiger partial charge in [-0.3, -0.25) is 0 Å². The van der Waals surface area contributed by atoms with Crippen LogP contribution in [0.5, 0.6) is 0 Å². The Morgan fingerprint density at radius 1 is 1.27 bits per heavy atom. The highest BCUT2D eigenvalue weighted by atomic mass is 16.3. The molecule has 1 aliphatic heterocycles. The largest absolute Gasteiger partial charge is 0.392 e. The zero-order valence-corrected chi connectivity index (χ0v) is 6.97. The van der Waals surface area contributed by atoms with Gasteiger partial charge < -0.3 is 10.4 Å². The molecule has 1 saturated heterocycles. The Morgan fingerprint density at radius 2 is 2.00 bits per heavy atom. The standard InChI is InChI=1S/C9H17NO/c11-8-5-9(7-10-6-8)3-1-2-4-9/h8,10-11H,1-7H2. The summed E-state index contributed by atoms with van der Waals surface area (Å²) < 4.78 is 0. The summed E-state index contributed by atoms with van der Waals surface area (Å²) in [6, 6.07) is 0. The van der Waals surface area contributed by atoms with E-state index >= 15 is 0 Å². The number of hydrogen-bond acceptors (Lipinski definition) is 2. The maximum absolute atomic E-state index is 9.47. The molecular weight excluding hydrogens is 138 g/mol. The Kier molecular flexibility index (Phi) is 1.90. The van der Waals surface area contributed by atoms with E-state index in [0.29, 0.717) is 5.41 Å². The van der Waals surface area contributed by atoms with Crippen molar-refractivity contribution in [2.75, 3.05) is 13.1 Å². The maximum atomic E-state index is 9.47. The van der Waals surface area contributed by atoms with Crippen LogP contribution in [0.15, 0.2) is 0 Å². The third-order valence-corrected chi connectivity index (χ3v) is 3.21. The zero-order valence-electron chi connectivity index (χ0n) is 6.97. The van der Waals surface area contributed by atoms with Crippen LogP contribution >= 0.6 is 0 Å². The van der Waals surface area contributed by atoms with Gasteiger partial charge in [-0.2, -0.15) is 0 Å². The van der Waals surface area contributed by atoms with Crippen LogP contribution in [0.25, 0.3) is 0 Å². The number of hydrogen-bond donors (Lipinski definition) is 2. The second-order valence-electron chi connectivity index (χ2n) is 4.20. The zero-order chi connectivity index (χ0) is 7.73. The van der Waals surface area contributed by atoms with Gasteiger partial charge in [0.2, 0.25) is 0 Å². The van der Waals surface area contributed by atoms with E-state index in [1.807, 2.05) is 0 Å². The topological polar surface area (TPSA) is 32.3 Å². The molecule has 1 spiro atoms. The summed E-state index contributed by atoms with van der Waals surface area (Å²) in [5.41, 5.74) is 0.484. The highest BCUT2D eigenvalue weighted by Gasteiger charge is 2.37. The van der Waals surface area contributed by atoms with Crippen molar-refractivity contribution in [3.05, 3.63) is 0 Å². The summed E-state index contributed by atoms with van der Waals surface area (Å²) >= 11 is 0. The molecule has 64 valence electrons. The monoisotopic (exact) mass is 155 g/mol. The van der Waals surface area contributed by atoms with Crippen LogP contribution < -0.4 is 5.32 Å². The van der Waals surface area contributed by atoms with Gasteiger partial charge in [-0.05, 0) is 24.7 Å². The van der Waals surface area contributed by atoms with Crippen molar-refractivity contribution in [1.29, 1.82) is 0 Å². The van der Waals surface area contributed by atoms with Crippen LogP contribution in [0, 0.1) is 5.41 Å². The molecule has 0 aromatic rings. The highest BCUT2D eigenvalue weighted by molar-refractivity contribution is 4.92. The van der Waals surface area contributed by atoms with E-state index < -0.39 is 0 Å². The first-order valence-corrected chi connectivity index (χ1v) is 4.70. The van der Waals surface area contributed by atoms with Crippen molar-refractivity contribution in [3.8, 4) is 0 Å². The molecule has 2 aliphatic rings. The third kappa shape index (κ3) is 1.42. The molecule has 1 unspecified atom stereocenters. The SMILES string of the molecule is OC1CNCC2(CCCC2)C1. The number of piperidine rings is 1. The van der Waals surface area contributed by atoms with Gasteiger partial charge in [-0.1, -0.05) is 12.8 Å². The quantitative estimate of drug-likeness (QED) is 0.545. The summed E-state index contributed by atoms with van der Waals surface area (Å²) in [6.45, 7) is 1.95. The van der Waals surface area contributed by atoms with E-state index in [4.69, 9.17) is 0 Å². The smallest absolute Gasteiger partial charge is 0.0670 e. The minimum absolute atomic E-state index is 0.0816.